The Kier molecular flexibility index (Phi) is 2.90. The molecule has 0 radical (unpaired) electrons. The number of β-amino-alcohol motifs (C(OH)–C–C–N with tert-alkyl or cyclic N) is 1. The predicted octanol–water partition coefficient (Wildman–Crippen LogP) is 1.68. The fraction of sp³-hybridized carbons (Fsp3) is 0.267. The van der Waals surface area contributed by atoms with Gasteiger partial charge in [0.2, 0.25) is 11.7 Å². The first-order chi connectivity index (χ1) is 10.3. The van der Waals surface area contributed by atoms with E-state index in [2.05, 4.69) is 20.4 Å². The molecule has 6 nitrogen and oxygen atoms in total. The smallest absolute Gasteiger partial charge is 0.244 e. The number of aliphatic hydroxyl groups is 1. The van der Waals surface area contributed by atoms with E-state index in [0.29, 0.717) is 30.4 Å². The van der Waals surface area contributed by atoms with Crippen LogP contribution in [0.3, 0.4) is 0 Å². The van der Waals surface area contributed by atoms with Crippen LogP contribution in [0.25, 0.3) is 22.3 Å². The van der Waals surface area contributed by atoms with Gasteiger partial charge in [-0.15, -0.1) is 0 Å². The van der Waals surface area contributed by atoms with Crippen molar-refractivity contribution in [2.75, 3.05) is 6.54 Å². The van der Waals surface area contributed by atoms with Crippen LogP contribution in [-0.4, -0.2) is 32.9 Å². The van der Waals surface area contributed by atoms with Crippen LogP contribution in [0.15, 0.2) is 41.1 Å². The lowest BCUT2D eigenvalue weighted by Gasteiger charge is -2.02. The van der Waals surface area contributed by atoms with Crippen LogP contribution in [0.4, 0.5) is 0 Å². The van der Waals surface area contributed by atoms with Crippen LogP contribution < -0.4 is 5.32 Å². The van der Waals surface area contributed by atoms with Crippen LogP contribution in [-0.2, 0) is 0 Å². The maximum atomic E-state index is 9.56. The Hall–Kier alpha value is -2.31. The van der Waals surface area contributed by atoms with Crippen LogP contribution in [0.1, 0.15) is 18.4 Å². The molecular formula is C15H14N4O2. The molecule has 3 heterocycles. The second-order valence-corrected chi connectivity index (χ2v) is 5.19. The average molecular weight is 282 g/mol. The number of nitrogens with zero attached hydrogens (tertiary/aromatic N) is 3. The summed E-state index contributed by atoms with van der Waals surface area (Å²) in [6.45, 7) is 0.550. The summed E-state index contributed by atoms with van der Waals surface area (Å²) in [5.74, 6) is 0.973. The maximum Gasteiger partial charge on any atom is 0.244 e. The van der Waals surface area contributed by atoms with Crippen molar-refractivity contribution in [3.05, 3.63) is 42.4 Å². The zero-order valence-electron chi connectivity index (χ0n) is 11.2. The molecule has 3 aromatic rings. The highest BCUT2D eigenvalue weighted by Gasteiger charge is 2.28. The zero-order valence-corrected chi connectivity index (χ0v) is 11.2. The van der Waals surface area contributed by atoms with Crippen LogP contribution in [0, 0.1) is 0 Å². The van der Waals surface area contributed by atoms with Gasteiger partial charge in [-0.1, -0.05) is 29.4 Å². The summed E-state index contributed by atoms with van der Waals surface area (Å²) in [4.78, 5) is 8.81. The van der Waals surface area contributed by atoms with Gasteiger partial charge in [0.25, 0.3) is 0 Å². The van der Waals surface area contributed by atoms with Gasteiger partial charge < -0.3 is 14.9 Å². The molecule has 2 unspecified atom stereocenters. The van der Waals surface area contributed by atoms with Gasteiger partial charge >= 0.3 is 0 Å². The number of hydrogen-bond acceptors (Lipinski definition) is 6. The Morgan fingerprint density at radius 1 is 1.24 bits per heavy atom. The minimum absolute atomic E-state index is 0.0868. The molecule has 1 saturated heterocycles. The topological polar surface area (TPSA) is 84.1 Å². The molecule has 0 amide bonds. The molecule has 21 heavy (non-hydrogen) atoms. The van der Waals surface area contributed by atoms with Crippen LogP contribution >= 0.6 is 0 Å². The summed E-state index contributed by atoms with van der Waals surface area (Å²) < 4.78 is 5.33. The third-order valence-corrected chi connectivity index (χ3v) is 3.73. The standard InChI is InChI=1S/C15H14N4O2/c20-10-7-12(17-8-10)15-18-14(19-21-15)13-11-4-2-1-3-9(11)5-6-16-13/h1-6,10,12,17,20H,7-8H2. The molecule has 2 atom stereocenters. The highest BCUT2D eigenvalue weighted by Crippen LogP contribution is 2.27. The van der Waals surface area contributed by atoms with Crippen molar-refractivity contribution in [3.63, 3.8) is 0 Å². The lowest BCUT2D eigenvalue weighted by molar-refractivity contribution is 0.191. The molecule has 0 aliphatic carbocycles. The minimum Gasteiger partial charge on any atom is -0.392 e. The van der Waals surface area contributed by atoms with Crippen LogP contribution in [0.2, 0.25) is 0 Å². The van der Waals surface area contributed by atoms with E-state index in [1.807, 2.05) is 30.3 Å². The summed E-state index contributed by atoms with van der Waals surface area (Å²) in [7, 11) is 0. The van der Waals surface area contributed by atoms with Gasteiger partial charge in [0.05, 0.1) is 12.1 Å². The molecule has 4 rings (SSSR count). The largest absolute Gasteiger partial charge is 0.392 e. The fourth-order valence-electron chi connectivity index (χ4n) is 2.68. The molecule has 2 aromatic heterocycles. The van der Waals surface area contributed by atoms with Gasteiger partial charge in [0.1, 0.15) is 5.69 Å². The van der Waals surface area contributed by atoms with Crippen molar-refractivity contribution in [1.29, 1.82) is 0 Å². The van der Waals surface area contributed by atoms with E-state index in [4.69, 9.17) is 4.52 Å². The van der Waals surface area contributed by atoms with E-state index >= 15 is 0 Å². The fourth-order valence-corrected chi connectivity index (χ4v) is 2.68. The monoisotopic (exact) mass is 282 g/mol. The summed E-state index contributed by atoms with van der Waals surface area (Å²) in [5.41, 5.74) is 0.710. The van der Waals surface area contributed by atoms with Gasteiger partial charge in [-0.2, -0.15) is 4.98 Å². The Morgan fingerprint density at radius 2 is 2.14 bits per heavy atom. The summed E-state index contributed by atoms with van der Waals surface area (Å²) in [6, 6.07) is 9.83. The number of hydrogen-bond donors (Lipinski definition) is 2. The number of aliphatic hydroxyl groups excluding tert-OH is 1. The SMILES string of the molecule is OC1CNC(c2nc(-c3nccc4ccccc34)no2)C1. The number of aromatic nitrogens is 3. The molecule has 0 spiro atoms. The quantitative estimate of drug-likeness (QED) is 0.744. The number of fused-ring (bicyclic) bond motifs is 1. The number of benzene rings is 1. The molecule has 6 heteroatoms. The molecule has 1 aromatic carbocycles. The molecule has 106 valence electrons. The second-order valence-electron chi connectivity index (χ2n) is 5.19. The minimum atomic E-state index is -0.360. The first kappa shape index (κ1) is 12.4. The predicted molar refractivity (Wildman–Crippen MR) is 76.4 cm³/mol. The average Bonchev–Trinajstić information content (AvgIpc) is 3.15. The van der Waals surface area contributed by atoms with Crippen molar-refractivity contribution < 1.29 is 9.63 Å². The van der Waals surface area contributed by atoms with Crippen molar-refractivity contribution in [1.82, 2.24) is 20.4 Å². The van der Waals surface area contributed by atoms with E-state index in [1.165, 1.54) is 0 Å². The van der Waals surface area contributed by atoms with Gasteiger partial charge in [0.15, 0.2) is 0 Å². The van der Waals surface area contributed by atoms with Crippen molar-refractivity contribution in [2.45, 2.75) is 18.6 Å². The van der Waals surface area contributed by atoms with Crippen molar-refractivity contribution in [2.24, 2.45) is 0 Å². The summed E-state index contributed by atoms with van der Waals surface area (Å²) >= 11 is 0. The van der Waals surface area contributed by atoms with Gasteiger partial charge in [-0.3, -0.25) is 4.98 Å². The first-order valence-corrected chi connectivity index (χ1v) is 6.90. The Balaban J connectivity index is 1.74. The first-order valence-electron chi connectivity index (χ1n) is 6.90. The lowest BCUT2D eigenvalue weighted by atomic mass is 10.1. The third kappa shape index (κ3) is 2.18. The molecule has 0 bridgehead atoms. The lowest BCUT2D eigenvalue weighted by Crippen LogP contribution is -2.15. The zero-order chi connectivity index (χ0) is 14.2. The summed E-state index contributed by atoms with van der Waals surface area (Å²) in [6.07, 6.45) is 1.97. The normalized spacial score (nSPS) is 22.0. The highest BCUT2D eigenvalue weighted by atomic mass is 16.5. The van der Waals surface area contributed by atoms with E-state index in [0.717, 1.165) is 10.8 Å². The van der Waals surface area contributed by atoms with E-state index in [9.17, 15) is 5.11 Å². The van der Waals surface area contributed by atoms with Crippen molar-refractivity contribution in [3.8, 4) is 11.5 Å². The van der Waals surface area contributed by atoms with Gasteiger partial charge in [-0.05, 0) is 17.9 Å². The van der Waals surface area contributed by atoms with E-state index in [-0.39, 0.29) is 12.1 Å². The Morgan fingerprint density at radius 3 is 3.00 bits per heavy atom. The molecule has 1 aliphatic heterocycles. The molecule has 1 aliphatic rings. The van der Waals surface area contributed by atoms with Gasteiger partial charge in [0, 0.05) is 18.1 Å². The van der Waals surface area contributed by atoms with E-state index < -0.39 is 0 Å². The number of rotatable bonds is 2. The molecule has 0 saturated carbocycles. The van der Waals surface area contributed by atoms with E-state index in [1.54, 1.807) is 6.20 Å². The second kappa shape index (κ2) is 4.91. The molecule has 2 N–H and O–H groups in total. The highest BCUT2D eigenvalue weighted by molar-refractivity contribution is 5.92. The van der Waals surface area contributed by atoms with Crippen LogP contribution in [0.5, 0.6) is 0 Å². The van der Waals surface area contributed by atoms with Gasteiger partial charge in [-0.25, -0.2) is 0 Å². The Labute approximate surface area is 120 Å². The molecule has 1 fully saturated rings. The molecular weight excluding hydrogens is 268 g/mol. The third-order valence-electron chi connectivity index (χ3n) is 3.73. The maximum absolute atomic E-state index is 9.56. The number of nitrogens with one attached hydrogen (secondary N) is 1. The van der Waals surface area contributed by atoms with Crippen molar-refractivity contribution >= 4 is 10.8 Å². The summed E-state index contributed by atoms with van der Waals surface area (Å²) in [5, 5.41) is 18.8. The number of pyridine rings is 1. The Bertz CT molecular complexity index is 781.